The molecule has 1 heterocycles. The molecule has 6 heteroatoms. The lowest BCUT2D eigenvalue weighted by Gasteiger charge is -2.38. The molecule has 1 aliphatic carbocycles. The normalized spacial score (nSPS) is 22.9. The number of anilines is 2. The van der Waals surface area contributed by atoms with Crippen LogP contribution in [0.15, 0.2) is 12.1 Å². The molecule has 0 amide bonds. The number of methoxy groups -OCH3 is 1. The van der Waals surface area contributed by atoms with Gasteiger partial charge in [0.05, 0.1) is 18.7 Å². The van der Waals surface area contributed by atoms with Crippen LogP contribution in [0, 0.1) is 5.92 Å². The molecule has 1 atom stereocenters. The van der Waals surface area contributed by atoms with Gasteiger partial charge in [-0.3, -0.25) is 0 Å². The zero-order valence-corrected chi connectivity index (χ0v) is 14.7. The van der Waals surface area contributed by atoms with E-state index in [2.05, 4.69) is 0 Å². The fourth-order valence-corrected chi connectivity index (χ4v) is 4.26. The topological polar surface area (TPSA) is 38.5 Å². The van der Waals surface area contributed by atoms with Crippen LogP contribution in [-0.4, -0.2) is 26.4 Å². The van der Waals surface area contributed by atoms with E-state index < -0.39 is 12.1 Å². The number of nitrogens with zero attached hydrogens (tertiary/aromatic N) is 1. The lowest BCUT2D eigenvalue weighted by atomic mass is 9.82. The van der Waals surface area contributed by atoms with Crippen LogP contribution in [0.2, 0.25) is 0 Å². The fraction of sp³-hybridized carbons (Fsp3) is 0.684. The number of alkyl halides is 3. The number of hydrogen-bond donors (Lipinski definition) is 1. The van der Waals surface area contributed by atoms with Crippen LogP contribution in [0.3, 0.4) is 0 Å². The summed E-state index contributed by atoms with van der Waals surface area (Å²) in [5.41, 5.74) is 8.66. The summed E-state index contributed by atoms with van der Waals surface area (Å²) in [4.78, 5) is 1.90. The Hall–Kier alpha value is -1.59. The van der Waals surface area contributed by atoms with Gasteiger partial charge in [-0.25, -0.2) is 0 Å². The Morgan fingerprint density at radius 2 is 1.80 bits per heavy atom. The lowest BCUT2D eigenvalue weighted by Crippen LogP contribution is -2.42. The van der Waals surface area contributed by atoms with Gasteiger partial charge in [0.15, 0.2) is 0 Å². The molecule has 1 unspecified atom stereocenters. The van der Waals surface area contributed by atoms with E-state index in [1.807, 2.05) is 17.0 Å². The largest absolute Gasteiger partial charge is 0.495 e. The Balaban J connectivity index is 1.95. The molecule has 1 saturated heterocycles. The molecule has 2 N–H and O–H groups in total. The van der Waals surface area contributed by atoms with E-state index in [9.17, 15) is 13.2 Å². The molecule has 0 spiro atoms. The van der Waals surface area contributed by atoms with Crippen molar-refractivity contribution in [3.8, 4) is 5.75 Å². The summed E-state index contributed by atoms with van der Waals surface area (Å²) in [7, 11) is 1.55. The van der Waals surface area contributed by atoms with Crippen molar-refractivity contribution in [1.82, 2.24) is 0 Å². The van der Waals surface area contributed by atoms with Crippen molar-refractivity contribution in [1.29, 1.82) is 0 Å². The molecule has 1 aromatic carbocycles. The van der Waals surface area contributed by atoms with Gasteiger partial charge in [-0.05, 0) is 43.2 Å². The minimum atomic E-state index is -4.14. The minimum absolute atomic E-state index is 0.0241. The molecule has 3 rings (SSSR count). The smallest absolute Gasteiger partial charge is 0.393 e. The second kappa shape index (κ2) is 7.34. The van der Waals surface area contributed by atoms with Crippen LogP contribution in [0.5, 0.6) is 5.75 Å². The van der Waals surface area contributed by atoms with Gasteiger partial charge in [0.2, 0.25) is 0 Å². The first-order valence-corrected chi connectivity index (χ1v) is 9.19. The van der Waals surface area contributed by atoms with Crippen LogP contribution in [-0.2, 0) is 0 Å². The first kappa shape index (κ1) is 18.2. The number of ether oxygens (including phenoxy) is 1. The van der Waals surface area contributed by atoms with E-state index in [-0.39, 0.29) is 13.0 Å². The van der Waals surface area contributed by atoms with Gasteiger partial charge in [0, 0.05) is 24.8 Å². The average molecular weight is 356 g/mol. The monoisotopic (exact) mass is 356 g/mol. The molecule has 2 fully saturated rings. The van der Waals surface area contributed by atoms with Gasteiger partial charge in [-0.15, -0.1) is 0 Å². The lowest BCUT2D eigenvalue weighted by molar-refractivity contribution is -0.176. The number of nitrogen functional groups attached to an aromatic ring is 1. The van der Waals surface area contributed by atoms with Crippen molar-refractivity contribution in [2.24, 2.45) is 5.92 Å². The van der Waals surface area contributed by atoms with Gasteiger partial charge in [0.25, 0.3) is 0 Å². The molecule has 1 aliphatic heterocycles. The molecule has 25 heavy (non-hydrogen) atoms. The highest BCUT2D eigenvalue weighted by Crippen LogP contribution is 2.43. The molecule has 0 radical (unpaired) electrons. The highest BCUT2D eigenvalue weighted by atomic mass is 19.4. The summed E-state index contributed by atoms with van der Waals surface area (Å²) in [5.74, 6) is -0.337. The molecule has 1 saturated carbocycles. The summed E-state index contributed by atoms with van der Waals surface area (Å²) in [5, 5.41) is 0. The first-order valence-electron chi connectivity index (χ1n) is 9.19. The Labute approximate surface area is 147 Å². The van der Waals surface area contributed by atoms with Gasteiger partial charge < -0.3 is 15.4 Å². The Bertz CT molecular complexity index is 597. The van der Waals surface area contributed by atoms with Crippen LogP contribution in [0.25, 0.3) is 0 Å². The molecular formula is C19H27F3N2O. The molecular weight excluding hydrogens is 329 g/mol. The summed E-state index contributed by atoms with van der Waals surface area (Å²) in [6.45, 7) is 0.676. The second-order valence-electron chi connectivity index (χ2n) is 7.31. The zero-order valence-electron chi connectivity index (χ0n) is 14.7. The highest BCUT2D eigenvalue weighted by Gasteiger charge is 2.42. The minimum Gasteiger partial charge on any atom is -0.495 e. The fourth-order valence-electron chi connectivity index (χ4n) is 4.26. The number of benzene rings is 1. The number of halogens is 3. The summed E-state index contributed by atoms with van der Waals surface area (Å²) >= 11 is 0. The Morgan fingerprint density at radius 3 is 2.44 bits per heavy atom. The van der Waals surface area contributed by atoms with Crippen molar-refractivity contribution in [2.45, 2.75) is 57.0 Å². The number of nitrogens with two attached hydrogens (primary N) is 1. The number of piperidine rings is 1. The first-order chi connectivity index (χ1) is 11.9. The highest BCUT2D eigenvalue weighted by molar-refractivity contribution is 5.68. The van der Waals surface area contributed by atoms with Crippen molar-refractivity contribution in [2.75, 3.05) is 30.8 Å². The molecule has 0 bridgehead atoms. The summed E-state index contributed by atoms with van der Waals surface area (Å²) in [6, 6.07) is 3.78. The zero-order chi connectivity index (χ0) is 18.0. The summed E-state index contributed by atoms with van der Waals surface area (Å²) < 4.78 is 45.0. The molecule has 140 valence electrons. The van der Waals surface area contributed by atoms with E-state index in [1.165, 1.54) is 19.3 Å². The third-order valence-corrected chi connectivity index (χ3v) is 5.65. The third kappa shape index (κ3) is 3.98. The maximum Gasteiger partial charge on any atom is 0.393 e. The van der Waals surface area contributed by atoms with Crippen LogP contribution >= 0.6 is 0 Å². The number of rotatable bonds is 3. The quantitative estimate of drug-likeness (QED) is 0.766. The van der Waals surface area contributed by atoms with E-state index in [0.717, 1.165) is 24.1 Å². The molecule has 3 nitrogen and oxygen atoms in total. The SMILES string of the molecule is COc1cc(N2CCCC(C(F)(F)F)C2)c(C2CCCCC2)cc1N. The van der Waals surface area contributed by atoms with Gasteiger partial charge in [0.1, 0.15) is 5.75 Å². The maximum atomic E-state index is 13.2. The van der Waals surface area contributed by atoms with E-state index in [4.69, 9.17) is 10.5 Å². The predicted octanol–water partition coefficient (Wildman–Crippen LogP) is 5.10. The molecule has 0 aromatic heterocycles. The van der Waals surface area contributed by atoms with Crippen LogP contribution < -0.4 is 15.4 Å². The molecule has 2 aliphatic rings. The average Bonchev–Trinajstić information content (AvgIpc) is 2.61. The van der Waals surface area contributed by atoms with E-state index in [0.29, 0.717) is 30.3 Å². The van der Waals surface area contributed by atoms with Crippen molar-refractivity contribution in [3.05, 3.63) is 17.7 Å². The molecule has 1 aromatic rings. The standard InChI is InChI=1S/C19H27F3N2O/c1-25-18-11-17(24-9-5-8-14(12-24)19(20,21)22)15(10-16(18)23)13-6-3-2-4-7-13/h10-11,13-14H,2-9,12,23H2,1H3. The van der Waals surface area contributed by atoms with Gasteiger partial charge in [-0.2, -0.15) is 13.2 Å². The van der Waals surface area contributed by atoms with E-state index >= 15 is 0 Å². The van der Waals surface area contributed by atoms with Gasteiger partial charge >= 0.3 is 6.18 Å². The maximum absolute atomic E-state index is 13.2. The third-order valence-electron chi connectivity index (χ3n) is 5.65. The van der Waals surface area contributed by atoms with Crippen molar-refractivity contribution >= 4 is 11.4 Å². The van der Waals surface area contributed by atoms with Gasteiger partial charge in [-0.1, -0.05) is 19.3 Å². The van der Waals surface area contributed by atoms with Crippen molar-refractivity contribution in [3.63, 3.8) is 0 Å². The Morgan fingerprint density at radius 1 is 1.08 bits per heavy atom. The van der Waals surface area contributed by atoms with E-state index in [1.54, 1.807) is 7.11 Å². The summed E-state index contributed by atoms with van der Waals surface area (Å²) in [6.07, 6.45) is 2.36. The van der Waals surface area contributed by atoms with Crippen molar-refractivity contribution < 1.29 is 17.9 Å². The predicted molar refractivity (Wildman–Crippen MR) is 94.2 cm³/mol. The second-order valence-corrected chi connectivity index (χ2v) is 7.31. The van der Waals surface area contributed by atoms with Crippen LogP contribution in [0.1, 0.15) is 56.4 Å². The Kier molecular flexibility index (Phi) is 5.35. The van der Waals surface area contributed by atoms with Crippen LogP contribution in [0.4, 0.5) is 24.5 Å². The number of hydrogen-bond acceptors (Lipinski definition) is 3.